The number of carbonyl (C=O) groups is 2. The highest BCUT2D eigenvalue weighted by molar-refractivity contribution is 6.53. The molecule has 0 radical (unpaired) electrons. The van der Waals surface area contributed by atoms with E-state index in [1.54, 1.807) is 6.92 Å². The second-order valence-electron chi connectivity index (χ2n) is 5.07. The van der Waals surface area contributed by atoms with Crippen molar-refractivity contribution in [1.82, 2.24) is 5.32 Å². The molecule has 0 aliphatic heterocycles. The van der Waals surface area contributed by atoms with Crippen molar-refractivity contribution >= 4 is 35.1 Å². The standard InChI is InChI=1S/C12H19Cl2NO3/c1-5-7(2)8(9(16)18-4)15-10(17)11(3)6-12(11,13)14/h7-8H,5-6H2,1-4H3,(H,15,17)/t7-,8+,11+/m0/s1. The van der Waals surface area contributed by atoms with Gasteiger partial charge in [0.2, 0.25) is 5.91 Å². The van der Waals surface area contributed by atoms with Crippen LogP contribution in [-0.4, -0.2) is 29.4 Å². The van der Waals surface area contributed by atoms with Gasteiger partial charge in [-0.05, 0) is 19.3 Å². The summed E-state index contributed by atoms with van der Waals surface area (Å²) in [6, 6.07) is -0.658. The number of alkyl halides is 2. The van der Waals surface area contributed by atoms with Crippen LogP contribution in [-0.2, 0) is 14.3 Å². The minimum atomic E-state index is -1.03. The average molecular weight is 296 g/mol. The van der Waals surface area contributed by atoms with Crippen LogP contribution in [0.25, 0.3) is 0 Å². The highest BCUT2D eigenvalue weighted by Gasteiger charge is 2.68. The number of nitrogens with one attached hydrogen (secondary N) is 1. The zero-order valence-electron chi connectivity index (χ0n) is 11.0. The number of esters is 1. The van der Waals surface area contributed by atoms with Crippen molar-refractivity contribution in [2.75, 3.05) is 7.11 Å². The lowest BCUT2D eigenvalue weighted by Crippen LogP contribution is -2.48. The molecule has 0 heterocycles. The molecule has 1 saturated carbocycles. The van der Waals surface area contributed by atoms with Crippen LogP contribution in [0.3, 0.4) is 0 Å². The summed E-state index contributed by atoms with van der Waals surface area (Å²) in [5.41, 5.74) is -0.824. The van der Waals surface area contributed by atoms with Crippen molar-refractivity contribution in [1.29, 1.82) is 0 Å². The van der Waals surface area contributed by atoms with E-state index in [0.717, 1.165) is 6.42 Å². The quantitative estimate of drug-likeness (QED) is 0.625. The van der Waals surface area contributed by atoms with Crippen molar-refractivity contribution in [3.05, 3.63) is 0 Å². The number of carbonyl (C=O) groups excluding carboxylic acids is 2. The SMILES string of the molecule is CC[C@H](C)[C@@H](NC(=O)[C@@]1(C)CC1(Cl)Cl)C(=O)OC. The van der Waals surface area contributed by atoms with Crippen LogP contribution in [0.4, 0.5) is 0 Å². The number of ether oxygens (including phenoxy) is 1. The zero-order valence-corrected chi connectivity index (χ0v) is 12.6. The van der Waals surface area contributed by atoms with Gasteiger partial charge in [-0.3, -0.25) is 4.79 Å². The van der Waals surface area contributed by atoms with Gasteiger partial charge in [0.15, 0.2) is 0 Å². The number of halogens is 2. The molecular formula is C12H19Cl2NO3. The maximum absolute atomic E-state index is 12.1. The van der Waals surface area contributed by atoms with Gasteiger partial charge in [0.05, 0.1) is 12.5 Å². The van der Waals surface area contributed by atoms with Gasteiger partial charge in [0.1, 0.15) is 10.4 Å². The van der Waals surface area contributed by atoms with Crippen LogP contribution in [0, 0.1) is 11.3 Å². The third kappa shape index (κ3) is 2.75. The van der Waals surface area contributed by atoms with Gasteiger partial charge in [0.25, 0.3) is 0 Å². The lowest BCUT2D eigenvalue weighted by molar-refractivity contribution is -0.147. The largest absolute Gasteiger partial charge is 0.467 e. The fourth-order valence-corrected chi connectivity index (χ4v) is 2.45. The zero-order chi connectivity index (χ0) is 14.1. The molecule has 1 amide bonds. The summed E-state index contributed by atoms with van der Waals surface area (Å²) in [4.78, 5) is 23.8. The molecule has 0 spiro atoms. The summed E-state index contributed by atoms with van der Waals surface area (Å²) in [6.45, 7) is 5.51. The van der Waals surface area contributed by atoms with Gasteiger partial charge in [0, 0.05) is 0 Å². The summed E-state index contributed by atoms with van der Waals surface area (Å²) >= 11 is 11.9. The minimum Gasteiger partial charge on any atom is -0.467 e. The van der Waals surface area contributed by atoms with Crippen molar-refractivity contribution in [2.45, 2.75) is 44.0 Å². The van der Waals surface area contributed by atoms with E-state index in [-0.39, 0.29) is 11.8 Å². The highest BCUT2D eigenvalue weighted by Crippen LogP contribution is 2.63. The topological polar surface area (TPSA) is 55.4 Å². The molecule has 1 aliphatic rings. The van der Waals surface area contributed by atoms with Crippen LogP contribution in [0.5, 0.6) is 0 Å². The van der Waals surface area contributed by atoms with Crippen LogP contribution >= 0.6 is 23.2 Å². The van der Waals surface area contributed by atoms with Crippen molar-refractivity contribution in [3.63, 3.8) is 0 Å². The third-order valence-electron chi connectivity index (χ3n) is 3.71. The molecule has 3 atom stereocenters. The molecule has 0 aromatic carbocycles. The number of hydrogen-bond donors (Lipinski definition) is 1. The van der Waals surface area contributed by atoms with E-state index < -0.39 is 21.8 Å². The summed E-state index contributed by atoms with van der Waals surface area (Å²) in [6.07, 6.45) is 1.15. The Labute approximate surface area is 117 Å². The van der Waals surface area contributed by atoms with E-state index in [4.69, 9.17) is 27.9 Å². The summed E-state index contributed by atoms with van der Waals surface area (Å²) in [7, 11) is 1.30. The second-order valence-corrected chi connectivity index (χ2v) is 6.56. The van der Waals surface area contributed by atoms with E-state index in [1.165, 1.54) is 7.11 Å². The van der Waals surface area contributed by atoms with E-state index in [9.17, 15) is 9.59 Å². The Bertz CT molecular complexity index is 359. The van der Waals surface area contributed by atoms with Gasteiger partial charge in [-0.2, -0.15) is 0 Å². The Hall–Kier alpha value is -0.480. The van der Waals surface area contributed by atoms with E-state index in [0.29, 0.717) is 6.42 Å². The molecule has 0 saturated heterocycles. The van der Waals surface area contributed by atoms with Gasteiger partial charge in [-0.1, -0.05) is 20.3 Å². The first-order valence-corrected chi connectivity index (χ1v) is 6.72. The maximum Gasteiger partial charge on any atom is 0.328 e. The fourth-order valence-electron chi connectivity index (χ4n) is 1.74. The summed E-state index contributed by atoms with van der Waals surface area (Å²) in [5, 5.41) is 2.69. The number of rotatable bonds is 5. The van der Waals surface area contributed by atoms with E-state index >= 15 is 0 Å². The van der Waals surface area contributed by atoms with Crippen molar-refractivity contribution < 1.29 is 14.3 Å². The number of hydrogen-bond acceptors (Lipinski definition) is 3. The van der Waals surface area contributed by atoms with Crippen molar-refractivity contribution in [2.24, 2.45) is 11.3 Å². The first-order chi connectivity index (χ1) is 8.19. The third-order valence-corrected chi connectivity index (χ3v) is 4.82. The Morgan fingerprint density at radius 3 is 2.28 bits per heavy atom. The highest BCUT2D eigenvalue weighted by atomic mass is 35.5. The van der Waals surface area contributed by atoms with Gasteiger partial charge >= 0.3 is 5.97 Å². The molecule has 6 heteroatoms. The minimum absolute atomic E-state index is 0.0104. The molecule has 0 unspecified atom stereocenters. The molecule has 1 fully saturated rings. The lowest BCUT2D eigenvalue weighted by atomic mass is 9.98. The van der Waals surface area contributed by atoms with Crippen molar-refractivity contribution in [3.8, 4) is 0 Å². The number of methoxy groups -OCH3 is 1. The Morgan fingerprint density at radius 1 is 1.44 bits per heavy atom. The molecule has 1 rings (SSSR count). The first kappa shape index (κ1) is 15.6. The number of amides is 1. The van der Waals surface area contributed by atoms with Crippen LogP contribution in [0.1, 0.15) is 33.6 Å². The predicted molar refractivity (Wildman–Crippen MR) is 70.6 cm³/mol. The molecule has 0 aromatic heterocycles. The second kappa shape index (κ2) is 5.25. The normalized spacial score (nSPS) is 28.1. The maximum atomic E-state index is 12.1. The summed E-state index contributed by atoms with van der Waals surface area (Å²) in [5.74, 6) is -0.760. The Kier molecular flexibility index (Phi) is 4.55. The fraction of sp³-hybridized carbons (Fsp3) is 0.833. The molecule has 0 bridgehead atoms. The van der Waals surface area contributed by atoms with Crippen LogP contribution in [0.2, 0.25) is 0 Å². The predicted octanol–water partition coefficient (Wildman–Crippen LogP) is 2.27. The van der Waals surface area contributed by atoms with Gasteiger partial charge in [-0.25, -0.2) is 4.79 Å². The molecule has 104 valence electrons. The summed E-state index contributed by atoms with van der Waals surface area (Å²) < 4.78 is 3.67. The molecule has 18 heavy (non-hydrogen) atoms. The Balaban J connectivity index is 2.74. The smallest absolute Gasteiger partial charge is 0.328 e. The molecule has 1 aliphatic carbocycles. The first-order valence-electron chi connectivity index (χ1n) is 5.96. The average Bonchev–Trinajstić information content (AvgIpc) is 2.84. The van der Waals surface area contributed by atoms with E-state index in [2.05, 4.69) is 5.32 Å². The molecule has 0 aromatic rings. The Morgan fingerprint density at radius 2 is 1.94 bits per heavy atom. The monoisotopic (exact) mass is 295 g/mol. The van der Waals surface area contributed by atoms with Gasteiger partial charge in [-0.15, -0.1) is 23.2 Å². The molecular weight excluding hydrogens is 277 g/mol. The van der Waals surface area contributed by atoms with Gasteiger partial charge < -0.3 is 10.1 Å². The van der Waals surface area contributed by atoms with Crippen LogP contribution in [0.15, 0.2) is 0 Å². The van der Waals surface area contributed by atoms with Crippen LogP contribution < -0.4 is 5.32 Å². The van der Waals surface area contributed by atoms with E-state index in [1.807, 2.05) is 13.8 Å². The molecule has 4 nitrogen and oxygen atoms in total. The molecule has 1 N–H and O–H groups in total. The lowest BCUT2D eigenvalue weighted by Gasteiger charge is -2.24.